The van der Waals surface area contributed by atoms with Crippen LogP contribution in [0.5, 0.6) is 0 Å². The Morgan fingerprint density at radius 1 is 1.21 bits per heavy atom. The number of hydrogen-bond donors (Lipinski definition) is 1. The average molecular weight is 361 g/mol. The van der Waals surface area contributed by atoms with Crippen molar-refractivity contribution >= 4 is 27.0 Å². The third-order valence-corrected chi connectivity index (χ3v) is 6.49. The van der Waals surface area contributed by atoms with Gasteiger partial charge in [0.15, 0.2) is 0 Å². The van der Waals surface area contributed by atoms with Crippen LogP contribution in [-0.4, -0.2) is 18.2 Å². The standard InChI is InChI=1S/C17H19N3O2S2/c1-12(2)20-16(8-9-18-20)14-10-17(23-11-14)24(21,22)19-15-7-5-4-6-13(15)3/h4-12,19H,1-3H3. The Kier molecular flexibility index (Phi) is 4.47. The Labute approximate surface area is 146 Å². The highest BCUT2D eigenvalue weighted by atomic mass is 32.2. The molecule has 0 saturated carbocycles. The van der Waals surface area contributed by atoms with Crippen molar-refractivity contribution in [3.63, 3.8) is 0 Å². The second-order valence-electron chi connectivity index (χ2n) is 5.83. The highest BCUT2D eigenvalue weighted by Crippen LogP contribution is 2.31. The van der Waals surface area contributed by atoms with Gasteiger partial charge in [0, 0.05) is 23.2 Å². The summed E-state index contributed by atoms with van der Waals surface area (Å²) in [4.78, 5) is 0. The van der Waals surface area contributed by atoms with E-state index >= 15 is 0 Å². The number of aryl methyl sites for hydroxylation is 1. The molecule has 3 aromatic rings. The van der Waals surface area contributed by atoms with Gasteiger partial charge in [0.2, 0.25) is 0 Å². The van der Waals surface area contributed by atoms with Crippen LogP contribution in [0.15, 0.2) is 52.2 Å². The zero-order valence-electron chi connectivity index (χ0n) is 13.7. The van der Waals surface area contributed by atoms with Gasteiger partial charge in [-0.05, 0) is 44.5 Å². The van der Waals surface area contributed by atoms with E-state index in [1.165, 1.54) is 11.3 Å². The van der Waals surface area contributed by atoms with Crippen molar-refractivity contribution in [3.8, 4) is 11.3 Å². The zero-order valence-corrected chi connectivity index (χ0v) is 15.4. The maximum absolute atomic E-state index is 12.6. The van der Waals surface area contributed by atoms with E-state index in [1.807, 2.05) is 55.1 Å². The van der Waals surface area contributed by atoms with Gasteiger partial charge in [-0.15, -0.1) is 11.3 Å². The molecule has 1 aromatic carbocycles. The minimum atomic E-state index is -3.60. The first-order valence-electron chi connectivity index (χ1n) is 7.59. The number of sulfonamides is 1. The summed E-state index contributed by atoms with van der Waals surface area (Å²) in [5.41, 5.74) is 3.25. The fraction of sp³-hybridized carbons (Fsp3) is 0.235. The SMILES string of the molecule is Cc1ccccc1NS(=O)(=O)c1cc(-c2ccnn2C(C)C)cs1. The van der Waals surface area contributed by atoms with Crippen molar-refractivity contribution in [1.82, 2.24) is 9.78 Å². The third-order valence-electron chi connectivity index (χ3n) is 3.68. The lowest BCUT2D eigenvalue weighted by atomic mass is 10.2. The van der Waals surface area contributed by atoms with Crippen molar-refractivity contribution in [2.45, 2.75) is 31.0 Å². The topological polar surface area (TPSA) is 64.0 Å². The predicted molar refractivity (Wildman–Crippen MR) is 97.9 cm³/mol. The Morgan fingerprint density at radius 2 is 1.96 bits per heavy atom. The quantitative estimate of drug-likeness (QED) is 0.737. The monoisotopic (exact) mass is 361 g/mol. The van der Waals surface area contributed by atoms with Crippen LogP contribution in [0.3, 0.4) is 0 Å². The van der Waals surface area contributed by atoms with Crippen LogP contribution in [0.25, 0.3) is 11.3 Å². The van der Waals surface area contributed by atoms with Crippen molar-refractivity contribution < 1.29 is 8.42 Å². The average Bonchev–Trinajstić information content (AvgIpc) is 3.17. The van der Waals surface area contributed by atoms with Crippen LogP contribution in [0.2, 0.25) is 0 Å². The fourth-order valence-corrected chi connectivity index (χ4v) is 4.73. The van der Waals surface area contributed by atoms with Gasteiger partial charge < -0.3 is 0 Å². The van der Waals surface area contributed by atoms with Gasteiger partial charge in [-0.1, -0.05) is 18.2 Å². The Bertz CT molecular complexity index is 956. The molecule has 24 heavy (non-hydrogen) atoms. The van der Waals surface area contributed by atoms with Gasteiger partial charge in [-0.3, -0.25) is 9.40 Å². The Morgan fingerprint density at radius 3 is 2.67 bits per heavy atom. The molecule has 0 aliphatic carbocycles. The molecule has 2 heterocycles. The van der Waals surface area contributed by atoms with E-state index in [2.05, 4.69) is 9.82 Å². The molecule has 0 bridgehead atoms. The Hall–Kier alpha value is -2.12. The molecule has 0 spiro atoms. The van der Waals surface area contributed by atoms with E-state index in [9.17, 15) is 8.42 Å². The van der Waals surface area contributed by atoms with Crippen molar-refractivity contribution in [3.05, 3.63) is 53.5 Å². The molecule has 0 atom stereocenters. The highest BCUT2D eigenvalue weighted by Gasteiger charge is 2.19. The normalized spacial score (nSPS) is 11.8. The van der Waals surface area contributed by atoms with Crippen LogP contribution >= 0.6 is 11.3 Å². The van der Waals surface area contributed by atoms with Gasteiger partial charge in [0.25, 0.3) is 10.0 Å². The van der Waals surface area contributed by atoms with E-state index in [0.29, 0.717) is 5.69 Å². The summed E-state index contributed by atoms with van der Waals surface area (Å²) in [5.74, 6) is 0. The lowest BCUT2D eigenvalue weighted by Crippen LogP contribution is -2.12. The number of anilines is 1. The molecule has 0 unspecified atom stereocenters. The summed E-state index contributed by atoms with van der Waals surface area (Å²) in [7, 11) is -3.60. The maximum Gasteiger partial charge on any atom is 0.271 e. The van der Waals surface area contributed by atoms with E-state index < -0.39 is 10.0 Å². The van der Waals surface area contributed by atoms with E-state index in [-0.39, 0.29) is 10.3 Å². The summed E-state index contributed by atoms with van der Waals surface area (Å²) >= 11 is 1.21. The van der Waals surface area contributed by atoms with E-state index in [4.69, 9.17) is 0 Å². The van der Waals surface area contributed by atoms with Crippen LogP contribution < -0.4 is 4.72 Å². The summed E-state index contributed by atoms with van der Waals surface area (Å²) in [6, 6.07) is 11.1. The number of benzene rings is 1. The van der Waals surface area contributed by atoms with Crippen LogP contribution in [0.1, 0.15) is 25.5 Å². The molecule has 0 saturated heterocycles. The lowest BCUT2D eigenvalue weighted by Gasteiger charge is -2.10. The molecule has 0 amide bonds. The number of hydrogen-bond acceptors (Lipinski definition) is 4. The zero-order chi connectivity index (χ0) is 17.3. The molecule has 0 fully saturated rings. The molecular weight excluding hydrogens is 342 g/mol. The summed E-state index contributed by atoms with van der Waals surface area (Å²) < 4.78 is 30.1. The highest BCUT2D eigenvalue weighted by molar-refractivity contribution is 7.94. The first kappa shape index (κ1) is 16.7. The van der Waals surface area contributed by atoms with Gasteiger partial charge in [0.1, 0.15) is 4.21 Å². The number of para-hydroxylation sites is 1. The first-order chi connectivity index (χ1) is 11.4. The van der Waals surface area contributed by atoms with Gasteiger partial charge in [-0.25, -0.2) is 8.42 Å². The molecule has 5 nitrogen and oxygen atoms in total. The summed E-state index contributed by atoms with van der Waals surface area (Å²) in [6.45, 7) is 5.96. The molecular formula is C17H19N3O2S2. The second kappa shape index (κ2) is 6.41. The van der Waals surface area contributed by atoms with Gasteiger partial charge in [0.05, 0.1) is 11.4 Å². The molecule has 126 valence electrons. The molecule has 0 radical (unpaired) electrons. The van der Waals surface area contributed by atoms with Gasteiger partial charge in [-0.2, -0.15) is 5.10 Å². The second-order valence-corrected chi connectivity index (χ2v) is 8.65. The maximum atomic E-state index is 12.6. The molecule has 0 aliphatic heterocycles. The van der Waals surface area contributed by atoms with Gasteiger partial charge >= 0.3 is 0 Å². The molecule has 1 N–H and O–H groups in total. The number of aromatic nitrogens is 2. The summed E-state index contributed by atoms with van der Waals surface area (Å²) in [6.07, 6.45) is 1.73. The van der Waals surface area contributed by atoms with E-state index in [0.717, 1.165) is 16.8 Å². The smallest absolute Gasteiger partial charge is 0.271 e. The molecule has 0 aliphatic rings. The van der Waals surface area contributed by atoms with Crippen LogP contribution in [-0.2, 0) is 10.0 Å². The van der Waals surface area contributed by atoms with Crippen molar-refractivity contribution in [2.75, 3.05) is 4.72 Å². The van der Waals surface area contributed by atoms with Crippen molar-refractivity contribution in [2.24, 2.45) is 0 Å². The molecule has 2 aromatic heterocycles. The fourth-order valence-electron chi connectivity index (χ4n) is 2.43. The number of nitrogens with one attached hydrogen (secondary N) is 1. The van der Waals surface area contributed by atoms with Crippen LogP contribution in [0.4, 0.5) is 5.69 Å². The molecule has 7 heteroatoms. The first-order valence-corrected chi connectivity index (χ1v) is 9.95. The minimum absolute atomic E-state index is 0.208. The summed E-state index contributed by atoms with van der Waals surface area (Å²) in [5, 5.41) is 6.15. The largest absolute Gasteiger partial charge is 0.279 e. The van der Waals surface area contributed by atoms with Crippen LogP contribution in [0, 0.1) is 6.92 Å². The lowest BCUT2D eigenvalue weighted by molar-refractivity contribution is 0.538. The number of thiophene rings is 1. The Balaban J connectivity index is 1.92. The predicted octanol–water partition coefficient (Wildman–Crippen LogP) is 4.30. The van der Waals surface area contributed by atoms with Crippen molar-refractivity contribution in [1.29, 1.82) is 0 Å². The number of rotatable bonds is 5. The molecule has 3 rings (SSSR count). The third kappa shape index (κ3) is 3.22. The van der Waals surface area contributed by atoms with E-state index in [1.54, 1.807) is 18.3 Å². The number of nitrogens with zero attached hydrogens (tertiary/aromatic N) is 2. The minimum Gasteiger partial charge on any atom is -0.279 e.